The molecule has 0 amide bonds. The predicted octanol–water partition coefficient (Wildman–Crippen LogP) is 0.307. The van der Waals surface area contributed by atoms with Crippen molar-refractivity contribution in [1.82, 2.24) is 0 Å². The number of rotatable bonds is 4. The van der Waals surface area contributed by atoms with Gasteiger partial charge in [-0.3, -0.25) is 0 Å². The van der Waals surface area contributed by atoms with E-state index in [9.17, 15) is 15.0 Å². The molecule has 0 saturated heterocycles. The van der Waals surface area contributed by atoms with Crippen molar-refractivity contribution in [2.45, 2.75) is 12.7 Å². The lowest BCUT2D eigenvalue weighted by atomic mass is 10.1. The van der Waals surface area contributed by atoms with E-state index in [0.717, 1.165) is 0 Å². The minimum Gasteiger partial charge on any atom is -0.494 e. The van der Waals surface area contributed by atoms with Crippen molar-refractivity contribution >= 4 is 5.97 Å². The standard InChI is InChI=1S/C10H12O5/c1-2-15-8-5-3-7(4-6-8)10(13,14)9(11)12/h3-6,13-14H,2H2,1H3,(H,11,12). The number of carboxylic acid groups (broad SMARTS) is 1. The lowest BCUT2D eigenvalue weighted by Gasteiger charge is -2.16. The first-order valence-electron chi connectivity index (χ1n) is 4.40. The second-order valence-electron chi connectivity index (χ2n) is 2.93. The summed E-state index contributed by atoms with van der Waals surface area (Å²) < 4.78 is 5.12. The molecule has 1 rings (SSSR count). The highest BCUT2D eigenvalue weighted by Gasteiger charge is 2.35. The number of hydrogen-bond donors (Lipinski definition) is 3. The summed E-state index contributed by atoms with van der Waals surface area (Å²) in [5.74, 6) is -4.03. The first kappa shape index (κ1) is 11.5. The maximum Gasteiger partial charge on any atom is 0.369 e. The van der Waals surface area contributed by atoms with Gasteiger partial charge >= 0.3 is 5.97 Å². The van der Waals surface area contributed by atoms with Gasteiger partial charge in [0.05, 0.1) is 6.61 Å². The molecule has 0 aromatic heterocycles. The average molecular weight is 212 g/mol. The van der Waals surface area contributed by atoms with E-state index in [0.29, 0.717) is 12.4 Å². The van der Waals surface area contributed by atoms with E-state index in [-0.39, 0.29) is 5.56 Å². The number of aliphatic carboxylic acids is 1. The zero-order chi connectivity index (χ0) is 11.5. The molecule has 5 nitrogen and oxygen atoms in total. The van der Waals surface area contributed by atoms with Crippen LogP contribution in [0.3, 0.4) is 0 Å². The van der Waals surface area contributed by atoms with Gasteiger partial charge < -0.3 is 20.1 Å². The van der Waals surface area contributed by atoms with E-state index < -0.39 is 11.8 Å². The second kappa shape index (κ2) is 4.29. The predicted molar refractivity (Wildman–Crippen MR) is 51.4 cm³/mol. The van der Waals surface area contributed by atoms with Gasteiger partial charge in [0.25, 0.3) is 5.79 Å². The molecule has 5 heteroatoms. The largest absolute Gasteiger partial charge is 0.494 e. The minimum atomic E-state index is -2.86. The third-order valence-electron chi connectivity index (χ3n) is 1.87. The Morgan fingerprint density at radius 1 is 1.33 bits per heavy atom. The van der Waals surface area contributed by atoms with Crippen LogP contribution in [-0.2, 0) is 10.6 Å². The van der Waals surface area contributed by atoms with Crippen LogP contribution in [-0.4, -0.2) is 27.9 Å². The van der Waals surface area contributed by atoms with Crippen LogP contribution in [0.2, 0.25) is 0 Å². The molecule has 0 atom stereocenters. The van der Waals surface area contributed by atoms with Gasteiger partial charge in [0, 0.05) is 5.56 Å². The quantitative estimate of drug-likeness (QED) is 0.625. The molecule has 0 fully saturated rings. The van der Waals surface area contributed by atoms with Gasteiger partial charge in [0.1, 0.15) is 5.75 Å². The Morgan fingerprint density at radius 2 is 1.87 bits per heavy atom. The molecular weight excluding hydrogens is 200 g/mol. The zero-order valence-electron chi connectivity index (χ0n) is 8.17. The Kier molecular flexibility index (Phi) is 3.28. The maximum atomic E-state index is 10.5. The number of carboxylic acids is 1. The van der Waals surface area contributed by atoms with Crippen molar-refractivity contribution in [1.29, 1.82) is 0 Å². The van der Waals surface area contributed by atoms with Crippen molar-refractivity contribution in [3.63, 3.8) is 0 Å². The van der Waals surface area contributed by atoms with E-state index in [2.05, 4.69) is 0 Å². The molecule has 0 unspecified atom stereocenters. The molecule has 1 aromatic rings. The Hall–Kier alpha value is -1.59. The number of hydrogen-bond acceptors (Lipinski definition) is 4. The molecule has 1 aromatic carbocycles. The molecule has 0 aliphatic rings. The molecule has 0 heterocycles. The first-order valence-corrected chi connectivity index (χ1v) is 4.40. The minimum absolute atomic E-state index is 0.113. The summed E-state index contributed by atoms with van der Waals surface area (Å²) in [5.41, 5.74) is -0.113. The highest BCUT2D eigenvalue weighted by molar-refractivity contribution is 5.76. The van der Waals surface area contributed by atoms with Crippen LogP contribution in [0.15, 0.2) is 24.3 Å². The van der Waals surface area contributed by atoms with Crippen LogP contribution in [0.25, 0.3) is 0 Å². The Labute approximate surface area is 86.5 Å². The van der Waals surface area contributed by atoms with Crippen LogP contribution < -0.4 is 4.74 Å². The zero-order valence-corrected chi connectivity index (χ0v) is 8.17. The van der Waals surface area contributed by atoms with Gasteiger partial charge in [-0.05, 0) is 31.2 Å². The molecule has 0 spiro atoms. The van der Waals surface area contributed by atoms with Gasteiger partial charge in [0.15, 0.2) is 0 Å². The molecule has 82 valence electrons. The third kappa shape index (κ3) is 2.45. The molecular formula is C10H12O5. The van der Waals surface area contributed by atoms with Crippen LogP contribution in [0.1, 0.15) is 12.5 Å². The van der Waals surface area contributed by atoms with E-state index >= 15 is 0 Å². The topological polar surface area (TPSA) is 87.0 Å². The highest BCUT2D eigenvalue weighted by Crippen LogP contribution is 2.21. The highest BCUT2D eigenvalue weighted by atomic mass is 16.5. The van der Waals surface area contributed by atoms with Gasteiger partial charge in [-0.1, -0.05) is 0 Å². The van der Waals surface area contributed by atoms with Crippen molar-refractivity contribution < 1.29 is 24.9 Å². The average Bonchev–Trinajstić information content (AvgIpc) is 2.19. The smallest absolute Gasteiger partial charge is 0.369 e. The summed E-state index contributed by atoms with van der Waals surface area (Å²) in [6.45, 7) is 2.30. The van der Waals surface area contributed by atoms with Crippen molar-refractivity contribution in [3.8, 4) is 5.75 Å². The monoisotopic (exact) mass is 212 g/mol. The van der Waals surface area contributed by atoms with Gasteiger partial charge in [-0.2, -0.15) is 0 Å². The molecule has 3 N–H and O–H groups in total. The Balaban J connectivity index is 2.93. The fraction of sp³-hybridized carbons (Fsp3) is 0.300. The molecule has 0 aliphatic carbocycles. The van der Waals surface area contributed by atoms with Gasteiger partial charge in [-0.15, -0.1) is 0 Å². The third-order valence-corrected chi connectivity index (χ3v) is 1.87. The van der Waals surface area contributed by atoms with Crippen LogP contribution in [0, 0.1) is 0 Å². The number of benzene rings is 1. The van der Waals surface area contributed by atoms with Crippen molar-refractivity contribution in [2.24, 2.45) is 0 Å². The normalized spacial score (nSPS) is 11.1. The Morgan fingerprint density at radius 3 is 2.27 bits per heavy atom. The van der Waals surface area contributed by atoms with Crippen molar-refractivity contribution in [3.05, 3.63) is 29.8 Å². The number of ether oxygens (including phenoxy) is 1. The van der Waals surface area contributed by atoms with E-state index in [1.54, 1.807) is 0 Å². The fourth-order valence-electron chi connectivity index (χ4n) is 1.07. The summed E-state index contributed by atoms with van der Waals surface area (Å²) in [7, 11) is 0. The molecule has 0 bridgehead atoms. The van der Waals surface area contributed by atoms with Crippen LogP contribution in [0.4, 0.5) is 0 Å². The van der Waals surface area contributed by atoms with Crippen molar-refractivity contribution in [2.75, 3.05) is 6.61 Å². The summed E-state index contributed by atoms with van der Waals surface area (Å²) >= 11 is 0. The van der Waals surface area contributed by atoms with Gasteiger partial charge in [0.2, 0.25) is 0 Å². The Bertz CT molecular complexity index is 341. The first-order chi connectivity index (χ1) is 6.98. The maximum absolute atomic E-state index is 10.5. The molecule has 0 saturated carbocycles. The summed E-state index contributed by atoms with van der Waals surface area (Å²) in [6.07, 6.45) is 0. The second-order valence-corrected chi connectivity index (χ2v) is 2.93. The summed E-state index contributed by atoms with van der Waals surface area (Å²) in [4.78, 5) is 10.5. The lowest BCUT2D eigenvalue weighted by Crippen LogP contribution is -2.34. The van der Waals surface area contributed by atoms with E-state index in [1.165, 1.54) is 24.3 Å². The SMILES string of the molecule is CCOc1ccc(C(O)(O)C(=O)O)cc1. The van der Waals surface area contributed by atoms with Crippen LogP contribution in [0.5, 0.6) is 5.75 Å². The molecule has 0 aliphatic heterocycles. The lowest BCUT2D eigenvalue weighted by molar-refractivity contribution is -0.208. The number of aliphatic hydroxyl groups is 2. The van der Waals surface area contributed by atoms with Gasteiger partial charge in [-0.25, -0.2) is 4.79 Å². The summed E-state index contributed by atoms with van der Waals surface area (Å²) in [6, 6.07) is 5.53. The van der Waals surface area contributed by atoms with E-state index in [4.69, 9.17) is 9.84 Å². The number of carbonyl (C=O) groups is 1. The fourth-order valence-corrected chi connectivity index (χ4v) is 1.07. The molecule has 0 radical (unpaired) electrons. The summed E-state index contributed by atoms with van der Waals surface area (Å²) in [5, 5.41) is 26.9. The molecule has 15 heavy (non-hydrogen) atoms. The van der Waals surface area contributed by atoms with Crippen LogP contribution >= 0.6 is 0 Å². The van der Waals surface area contributed by atoms with E-state index in [1.807, 2.05) is 6.92 Å².